The Kier molecular flexibility index (Phi) is 6.20. The van der Waals surface area contributed by atoms with Crippen molar-refractivity contribution in [3.05, 3.63) is 29.1 Å². The Morgan fingerprint density at radius 2 is 1.88 bits per heavy atom. The van der Waals surface area contributed by atoms with E-state index in [0.717, 1.165) is 13.0 Å². The summed E-state index contributed by atoms with van der Waals surface area (Å²) >= 11 is 0. The molecule has 1 heterocycles. The van der Waals surface area contributed by atoms with E-state index in [2.05, 4.69) is 44.7 Å². The maximum absolute atomic E-state index is 5.68. The summed E-state index contributed by atoms with van der Waals surface area (Å²) in [7, 11) is 0. The minimum atomic E-state index is 0.678. The smallest absolute Gasteiger partial charge is 0.252 e. The number of hydrogen-bond acceptors (Lipinski definition) is 1. The fourth-order valence-electron chi connectivity index (χ4n) is 1.99. The maximum atomic E-state index is 5.68. The summed E-state index contributed by atoms with van der Waals surface area (Å²) in [4.78, 5) is 0. The molecule has 0 atom stereocenters. The van der Waals surface area contributed by atoms with Gasteiger partial charge < -0.3 is 4.74 Å². The quantitative estimate of drug-likeness (QED) is 0.523. The van der Waals surface area contributed by atoms with Crippen LogP contribution in [-0.4, -0.2) is 6.61 Å². The number of rotatable bonds is 7. The minimum absolute atomic E-state index is 0.678. The SMILES string of the molecule is CCCCCOC[n+]1cc(C)c(C)c(CC)c1. The first-order valence-electron chi connectivity index (χ1n) is 6.76. The first kappa shape index (κ1) is 14.2. The predicted molar refractivity (Wildman–Crippen MR) is 71.0 cm³/mol. The molecule has 0 aliphatic heterocycles. The Morgan fingerprint density at radius 1 is 1.12 bits per heavy atom. The molecule has 0 amide bonds. The van der Waals surface area contributed by atoms with Crippen molar-refractivity contribution in [3.63, 3.8) is 0 Å². The summed E-state index contributed by atoms with van der Waals surface area (Å²) in [6.07, 6.45) is 9.15. The zero-order valence-electron chi connectivity index (χ0n) is 11.8. The highest BCUT2D eigenvalue weighted by atomic mass is 16.5. The van der Waals surface area contributed by atoms with Crippen LogP contribution in [0.15, 0.2) is 12.4 Å². The van der Waals surface area contributed by atoms with Crippen LogP contribution in [-0.2, 0) is 17.9 Å². The molecular formula is C15H26NO+. The molecule has 0 unspecified atom stereocenters. The Morgan fingerprint density at radius 3 is 2.53 bits per heavy atom. The highest BCUT2D eigenvalue weighted by Crippen LogP contribution is 2.10. The minimum Gasteiger partial charge on any atom is -0.323 e. The number of nitrogens with zero attached hydrogens (tertiary/aromatic N) is 1. The van der Waals surface area contributed by atoms with Gasteiger partial charge in [0.05, 0.1) is 6.61 Å². The van der Waals surface area contributed by atoms with Gasteiger partial charge in [-0.1, -0.05) is 26.7 Å². The van der Waals surface area contributed by atoms with E-state index in [4.69, 9.17) is 4.74 Å². The van der Waals surface area contributed by atoms with Gasteiger partial charge in [-0.2, -0.15) is 4.57 Å². The van der Waals surface area contributed by atoms with Gasteiger partial charge in [-0.25, -0.2) is 0 Å². The number of pyridine rings is 1. The lowest BCUT2D eigenvalue weighted by atomic mass is 10.1. The Labute approximate surface area is 106 Å². The van der Waals surface area contributed by atoms with Crippen LogP contribution in [0.2, 0.25) is 0 Å². The van der Waals surface area contributed by atoms with Crippen molar-refractivity contribution in [1.82, 2.24) is 0 Å². The molecule has 0 saturated heterocycles. The molecule has 0 N–H and O–H groups in total. The van der Waals surface area contributed by atoms with Crippen molar-refractivity contribution >= 4 is 0 Å². The molecule has 0 fully saturated rings. The van der Waals surface area contributed by atoms with Crippen LogP contribution < -0.4 is 4.57 Å². The van der Waals surface area contributed by atoms with Crippen LogP contribution in [0.3, 0.4) is 0 Å². The van der Waals surface area contributed by atoms with Gasteiger partial charge in [0.15, 0.2) is 12.4 Å². The molecule has 0 radical (unpaired) electrons. The van der Waals surface area contributed by atoms with Gasteiger partial charge in [-0.3, -0.25) is 0 Å². The number of unbranched alkanes of at least 4 members (excludes halogenated alkanes) is 2. The predicted octanol–water partition coefficient (Wildman–Crippen LogP) is 3.32. The van der Waals surface area contributed by atoms with Crippen molar-refractivity contribution in [3.8, 4) is 0 Å². The third kappa shape index (κ3) is 4.47. The fraction of sp³-hybridized carbons (Fsp3) is 0.667. The molecule has 1 rings (SSSR count). The van der Waals surface area contributed by atoms with Crippen LogP contribution in [0, 0.1) is 13.8 Å². The summed E-state index contributed by atoms with van der Waals surface area (Å²) < 4.78 is 7.84. The lowest BCUT2D eigenvalue weighted by molar-refractivity contribution is -0.733. The van der Waals surface area contributed by atoms with Gasteiger partial charge in [-0.05, 0) is 32.3 Å². The summed E-state index contributed by atoms with van der Waals surface area (Å²) in [6, 6.07) is 0. The second kappa shape index (κ2) is 7.44. The second-order valence-electron chi connectivity index (χ2n) is 4.70. The average molecular weight is 236 g/mol. The Hall–Kier alpha value is -0.890. The molecule has 0 aromatic carbocycles. The van der Waals surface area contributed by atoms with E-state index in [9.17, 15) is 0 Å². The third-order valence-electron chi connectivity index (χ3n) is 3.27. The highest BCUT2D eigenvalue weighted by molar-refractivity contribution is 5.26. The number of aryl methyl sites for hydroxylation is 2. The lowest BCUT2D eigenvalue weighted by Gasteiger charge is -2.06. The van der Waals surface area contributed by atoms with Gasteiger partial charge in [-0.15, -0.1) is 0 Å². The summed E-state index contributed by atoms with van der Waals surface area (Å²) in [6.45, 7) is 10.3. The van der Waals surface area contributed by atoms with Crippen LogP contribution in [0.1, 0.15) is 49.8 Å². The molecule has 0 aliphatic carbocycles. The molecule has 1 aromatic heterocycles. The van der Waals surface area contributed by atoms with E-state index < -0.39 is 0 Å². The van der Waals surface area contributed by atoms with Crippen molar-refractivity contribution in [2.45, 2.75) is 60.1 Å². The molecule has 0 saturated carbocycles. The molecule has 0 bridgehead atoms. The summed E-state index contributed by atoms with van der Waals surface area (Å²) in [5, 5.41) is 0. The Balaban J connectivity index is 2.51. The fourth-order valence-corrected chi connectivity index (χ4v) is 1.99. The number of hydrogen-bond donors (Lipinski definition) is 0. The third-order valence-corrected chi connectivity index (χ3v) is 3.27. The van der Waals surface area contributed by atoms with E-state index in [-0.39, 0.29) is 0 Å². The molecule has 0 aliphatic rings. The van der Waals surface area contributed by atoms with Crippen molar-refractivity contribution < 1.29 is 9.30 Å². The molecule has 96 valence electrons. The monoisotopic (exact) mass is 236 g/mol. The normalized spacial score (nSPS) is 10.8. The first-order valence-corrected chi connectivity index (χ1v) is 6.76. The summed E-state index contributed by atoms with van der Waals surface area (Å²) in [5.41, 5.74) is 4.18. The largest absolute Gasteiger partial charge is 0.323 e. The van der Waals surface area contributed by atoms with Gasteiger partial charge in [0.2, 0.25) is 0 Å². The van der Waals surface area contributed by atoms with Gasteiger partial charge in [0.1, 0.15) is 0 Å². The molecular weight excluding hydrogens is 210 g/mol. The second-order valence-corrected chi connectivity index (χ2v) is 4.70. The Bertz CT molecular complexity index is 347. The van der Waals surface area contributed by atoms with Crippen LogP contribution in [0.25, 0.3) is 0 Å². The molecule has 2 heteroatoms. The molecule has 1 aromatic rings. The van der Waals surface area contributed by atoms with Gasteiger partial charge in [0, 0.05) is 11.1 Å². The maximum Gasteiger partial charge on any atom is 0.252 e. The number of ether oxygens (including phenoxy) is 1. The van der Waals surface area contributed by atoms with Crippen molar-refractivity contribution in [1.29, 1.82) is 0 Å². The van der Waals surface area contributed by atoms with E-state index >= 15 is 0 Å². The first-order chi connectivity index (χ1) is 8.19. The van der Waals surface area contributed by atoms with E-state index in [1.54, 1.807) is 0 Å². The van der Waals surface area contributed by atoms with E-state index in [1.165, 1.54) is 36.0 Å². The highest BCUT2D eigenvalue weighted by Gasteiger charge is 2.08. The molecule has 2 nitrogen and oxygen atoms in total. The van der Waals surface area contributed by atoms with Gasteiger partial charge in [0.25, 0.3) is 6.73 Å². The zero-order chi connectivity index (χ0) is 12.7. The van der Waals surface area contributed by atoms with Crippen LogP contribution >= 0.6 is 0 Å². The lowest BCUT2D eigenvalue weighted by Crippen LogP contribution is -2.36. The van der Waals surface area contributed by atoms with E-state index in [1.807, 2.05) is 0 Å². The number of aromatic nitrogens is 1. The van der Waals surface area contributed by atoms with Crippen molar-refractivity contribution in [2.24, 2.45) is 0 Å². The topological polar surface area (TPSA) is 13.1 Å². The van der Waals surface area contributed by atoms with Gasteiger partial charge >= 0.3 is 0 Å². The van der Waals surface area contributed by atoms with Crippen LogP contribution in [0.4, 0.5) is 0 Å². The molecule has 0 spiro atoms. The molecule has 17 heavy (non-hydrogen) atoms. The summed E-state index contributed by atoms with van der Waals surface area (Å²) in [5.74, 6) is 0. The van der Waals surface area contributed by atoms with Crippen molar-refractivity contribution in [2.75, 3.05) is 6.61 Å². The average Bonchev–Trinajstić information content (AvgIpc) is 2.33. The standard InChI is InChI=1S/C15H26NO/c1-5-7-8-9-17-12-16-10-13(3)14(4)15(6-2)11-16/h10-11H,5-9,12H2,1-4H3/q+1. The van der Waals surface area contributed by atoms with Crippen LogP contribution in [0.5, 0.6) is 0 Å². The zero-order valence-corrected chi connectivity index (χ0v) is 11.8. The van der Waals surface area contributed by atoms with E-state index in [0.29, 0.717) is 6.73 Å².